The number of aliphatic carboxylic acids is 1. The van der Waals surface area contributed by atoms with Gasteiger partial charge in [-0.1, -0.05) is 43.0 Å². The number of hydrogen-bond donors (Lipinski definition) is 2. The number of amides is 2. The maximum absolute atomic E-state index is 12.5. The Morgan fingerprint density at radius 1 is 1.37 bits per heavy atom. The van der Waals surface area contributed by atoms with E-state index in [1.54, 1.807) is 32.2 Å². The van der Waals surface area contributed by atoms with Gasteiger partial charge in [-0.15, -0.1) is 0 Å². The second-order valence-electron chi connectivity index (χ2n) is 5.72. The number of ether oxygens (including phenoxy) is 1. The van der Waals surface area contributed by atoms with Crippen molar-refractivity contribution in [2.45, 2.75) is 25.8 Å². The first kappa shape index (κ1) is 20.9. The molecule has 1 atom stereocenters. The molecule has 1 heterocycles. The number of carboxylic acids is 1. The third kappa shape index (κ3) is 5.54. The van der Waals surface area contributed by atoms with Gasteiger partial charge in [0.25, 0.3) is 5.91 Å². The second-order valence-corrected chi connectivity index (χ2v) is 7.40. The van der Waals surface area contributed by atoms with Crippen molar-refractivity contribution in [3.8, 4) is 5.75 Å². The summed E-state index contributed by atoms with van der Waals surface area (Å²) in [6, 6.07) is 6.32. The maximum Gasteiger partial charge on any atom is 0.326 e. The normalized spacial score (nSPS) is 16.5. The van der Waals surface area contributed by atoms with E-state index in [2.05, 4.69) is 5.32 Å². The van der Waals surface area contributed by atoms with Crippen LogP contribution in [0.4, 0.5) is 0 Å². The Hall–Kier alpha value is -2.39. The summed E-state index contributed by atoms with van der Waals surface area (Å²) in [7, 11) is 1.58. The summed E-state index contributed by atoms with van der Waals surface area (Å²) < 4.78 is 5.48. The molecule has 1 aliphatic heterocycles. The number of carboxylic acid groups (broad SMARTS) is 1. The van der Waals surface area contributed by atoms with E-state index in [-0.39, 0.29) is 25.3 Å². The number of carbonyl (C=O) groups is 3. The Kier molecular flexibility index (Phi) is 7.37. The molecule has 1 fully saturated rings. The molecule has 0 unspecified atom stereocenters. The lowest BCUT2D eigenvalue weighted by Crippen LogP contribution is -2.42. The molecule has 2 N–H and O–H groups in total. The molecule has 0 aliphatic carbocycles. The number of carbonyl (C=O) groups excluding carboxylic acids is 2. The average molecular weight is 409 g/mol. The van der Waals surface area contributed by atoms with E-state index in [4.69, 9.17) is 22.1 Å². The van der Waals surface area contributed by atoms with E-state index in [0.29, 0.717) is 9.23 Å². The smallest absolute Gasteiger partial charge is 0.326 e. The monoisotopic (exact) mass is 408 g/mol. The zero-order valence-electron chi connectivity index (χ0n) is 14.9. The quantitative estimate of drug-likeness (QED) is 0.503. The Bertz CT molecular complexity index is 776. The van der Waals surface area contributed by atoms with Crippen LogP contribution < -0.4 is 10.1 Å². The maximum atomic E-state index is 12.5. The highest BCUT2D eigenvalue weighted by molar-refractivity contribution is 8.26. The van der Waals surface area contributed by atoms with Gasteiger partial charge in [-0.05, 0) is 30.2 Å². The van der Waals surface area contributed by atoms with Crippen molar-refractivity contribution in [3.63, 3.8) is 0 Å². The highest BCUT2D eigenvalue weighted by Gasteiger charge is 2.32. The molecule has 0 bridgehead atoms. The SMILES string of the molecule is CC[C@H](NC(=O)CCN1C(=O)/C(=C\c2ccc(OC)cc2)SC1=S)C(=O)O. The van der Waals surface area contributed by atoms with Gasteiger partial charge in [0.05, 0.1) is 12.0 Å². The summed E-state index contributed by atoms with van der Waals surface area (Å²) in [4.78, 5) is 37.3. The number of thiocarbonyl (C=S) groups is 1. The van der Waals surface area contributed by atoms with Crippen LogP contribution in [0, 0.1) is 0 Å². The van der Waals surface area contributed by atoms with Gasteiger partial charge in [-0.25, -0.2) is 4.79 Å². The van der Waals surface area contributed by atoms with Crippen molar-refractivity contribution < 1.29 is 24.2 Å². The van der Waals surface area contributed by atoms with Crippen LogP contribution in [0.25, 0.3) is 6.08 Å². The fourth-order valence-electron chi connectivity index (χ4n) is 2.36. The predicted octanol–water partition coefficient (Wildman–Crippen LogP) is 2.27. The number of rotatable bonds is 8. The number of nitrogens with zero attached hydrogens (tertiary/aromatic N) is 1. The summed E-state index contributed by atoms with van der Waals surface area (Å²) in [5.74, 6) is -1.06. The Labute approximate surface area is 166 Å². The van der Waals surface area contributed by atoms with Gasteiger partial charge in [-0.3, -0.25) is 14.5 Å². The number of thioether (sulfide) groups is 1. The van der Waals surface area contributed by atoms with Crippen molar-refractivity contribution in [1.29, 1.82) is 0 Å². The third-order valence-electron chi connectivity index (χ3n) is 3.89. The molecule has 7 nitrogen and oxygen atoms in total. The minimum atomic E-state index is -1.08. The number of nitrogens with one attached hydrogen (secondary N) is 1. The molecule has 1 saturated heterocycles. The summed E-state index contributed by atoms with van der Waals surface area (Å²) in [6.45, 7) is 1.78. The van der Waals surface area contributed by atoms with Gasteiger partial charge in [0.2, 0.25) is 5.91 Å². The lowest BCUT2D eigenvalue weighted by molar-refractivity contribution is -0.142. The van der Waals surface area contributed by atoms with Crippen LogP contribution >= 0.6 is 24.0 Å². The number of hydrogen-bond acceptors (Lipinski definition) is 6. The molecule has 1 aliphatic rings. The predicted molar refractivity (Wildman–Crippen MR) is 107 cm³/mol. The van der Waals surface area contributed by atoms with Crippen LogP contribution in [0.1, 0.15) is 25.3 Å². The Balaban J connectivity index is 1.98. The topological polar surface area (TPSA) is 95.9 Å². The highest BCUT2D eigenvalue weighted by atomic mass is 32.2. The standard InChI is InChI=1S/C18H20N2O5S2/c1-3-13(17(23)24)19-15(21)8-9-20-16(22)14(27-18(20)26)10-11-4-6-12(25-2)7-5-11/h4-7,10,13H,3,8-9H2,1-2H3,(H,19,21)(H,23,24)/b14-10+/t13-/m0/s1. The van der Waals surface area contributed by atoms with Crippen molar-refractivity contribution in [2.24, 2.45) is 0 Å². The zero-order valence-corrected chi connectivity index (χ0v) is 16.6. The zero-order chi connectivity index (χ0) is 20.0. The summed E-state index contributed by atoms with van der Waals surface area (Å²) in [5.41, 5.74) is 0.835. The van der Waals surface area contributed by atoms with Crippen LogP contribution in [0.15, 0.2) is 29.2 Å². The van der Waals surface area contributed by atoms with Gasteiger partial charge in [-0.2, -0.15) is 0 Å². The lowest BCUT2D eigenvalue weighted by atomic mass is 10.2. The Morgan fingerprint density at radius 2 is 2.04 bits per heavy atom. The van der Waals surface area contributed by atoms with Gasteiger partial charge in [0.1, 0.15) is 16.1 Å². The van der Waals surface area contributed by atoms with Crippen molar-refractivity contribution in [1.82, 2.24) is 10.2 Å². The second kappa shape index (κ2) is 9.52. The molecule has 1 aromatic rings. The van der Waals surface area contributed by atoms with Crippen molar-refractivity contribution in [2.75, 3.05) is 13.7 Å². The van der Waals surface area contributed by atoms with Gasteiger partial charge in [0, 0.05) is 13.0 Å². The van der Waals surface area contributed by atoms with E-state index >= 15 is 0 Å². The molecule has 27 heavy (non-hydrogen) atoms. The number of methoxy groups -OCH3 is 1. The minimum absolute atomic E-state index is 0.0218. The van der Waals surface area contributed by atoms with E-state index in [0.717, 1.165) is 11.3 Å². The molecule has 0 saturated carbocycles. The van der Waals surface area contributed by atoms with E-state index in [1.807, 2.05) is 12.1 Å². The summed E-state index contributed by atoms with van der Waals surface area (Å²) >= 11 is 6.41. The molecule has 144 valence electrons. The fourth-order valence-corrected chi connectivity index (χ4v) is 3.67. The molecule has 2 amide bonds. The molecular weight excluding hydrogens is 388 g/mol. The number of benzene rings is 1. The van der Waals surface area contributed by atoms with E-state index < -0.39 is 17.9 Å². The van der Waals surface area contributed by atoms with Crippen LogP contribution in [0.5, 0.6) is 5.75 Å². The van der Waals surface area contributed by atoms with E-state index in [9.17, 15) is 14.4 Å². The fraction of sp³-hybridized carbons (Fsp3) is 0.333. The molecule has 9 heteroatoms. The van der Waals surface area contributed by atoms with Gasteiger partial charge < -0.3 is 15.2 Å². The minimum Gasteiger partial charge on any atom is -0.497 e. The average Bonchev–Trinajstić information content (AvgIpc) is 2.91. The Morgan fingerprint density at radius 3 is 2.59 bits per heavy atom. The van der Waals surface area contributed by atoms with Crippen LogP contribution in [0.2, 0.25) is 0 Å². The van der Waals surface area contributed by atoms with Gasteiger partial charge >= 0.3 is 5.97 Å². The van der Waals surface area contributed by atoms with Crippen LogP contribution in [-0.2, 0) is 14.4 Å². The van der Waals surface area contributed by atoms with Gasteiger partial charge in [0.15, 0.2) is 0 Å². The highest BCUT2D eigenvalue weighted by Crippen LogP contribution is 2.32. The summed E-state index contributed by atoms with van der Waals surface area (Å²) in [5, 5.41) is 11.4. The molecule has 1 aromatic carbocycles. The van der Waals surface area contributed by atoms with Crippen LogP contribution in [0.3, 0.4) is 0 Å². The van der Waals surface area contributed by atoms with Crippen LogP contribution in [-0.4, -0.2) is 51.8 Å². The molecule has 0 aromatic heterocycles. The van der Waals surface area contributed by atoms with Crippen molar-refractivity contribution >= 4 is 52.2 Å². The first-order chi connectivity index (χ1) is 12.8. The first-order valence-corrected chi connectivity index (χ1v) is 9.49. The first-order valence-electron chi connectivity index (χ1n) is 8.27. The van der Waals surface area contributed by atoms with E-state index in [1.165, 1.54) is 16.7 Å². The molecular formula is C18H20N2O5S2. The molecule has 0 spiro atoms. The summed E-state index contributed by atoms with van der Waals surface area (Å²) in [6.07, 6.45) is 2.00. The van der Waals surface area contributed by atoms with Crippen molar-refractivity contribution in [3.05, 3.63) is 34.7 Å². The molecule has 0 radical (unpaired) electrons. The lowest BCUT2D eigenvalue weighted by Gasteiger charge is -2.16. The third-order valence-corrected chi connectivity index (χ3v) is 5.27. The molecule has 2 rings (SSSR count). The largest absolute Gasteiger partial charge is 0.497 e.